The molecule has 31 heavy (non-hydrogen) atoms. The van der Waals surface area contributed by atoms with Crippen molar-refractivity contribution in [1.82, 2.24) is 34.7 Å². The van der Waals surface area contributed by atoms with Crippen molar-refractivity contribution in [3.63, 3.8) is 0 Å². The third-order valence-corrected chi connectivity index (χ3v) is 4.56. The number of hydrogen-bond donors (Lipinski definition) is 1. The van der Waals surface area contributed by atoms with Gasteiger partial charge in [-0.3, -0.25) is 0 Å². The smallest absolute Gasteiger partial charge is 0.215 e. The maximum atomic E-state index is 9.08. The first kappa shape index (κ1) is 20.0. The summed E-state index contributed by atoms with van der Waals surface area (Å²) in [5, 5.41) is 26.1. The average molecular weight is 412 g/mol. The van der Waals surface area contributed by atoms with E-state index in [0.29, 0.717) is 30.0 Å². The summed E-state index contributed by atoms with van der Waals surface area (Å²) in [4.78, 5) is 12.3. The lowest BCUT2D eigenvalue weighted by molar-refractivity contribution is 0.780. The third-order valence-electron chi connectivity index (χ3n) is 4.56. The van der Waals surface area contributed by atoms with Crippen LogP contribution in [-0.4, -0.2) is 47.3 Å². The van der Waals surface area contributed by atoms with Crippen LogP contribution < -0.4 is 5.32 Å². The monoisotopic (exact) mass is 412 g/mol. The molecule has 0 bridgehead atoms. The van der Waals surface area contributed by atoms with Crippen LogP contribution in [-0.2, 0) is 6.42 Å². The largest absolute Gasteiger partial charge is 0.381 e. The fraction of sp³-hybridized carbons (Fsp3) is 0.286. The number of pyridine rings is 2. The Morgan fingerprint density at radius 2 is 2.10 bits per heavy atom. The third kappa shape index (κ3) is 4.19. The minimum absolute atomic E-state index is 0.182. The zero-order chi connectivity index (χ0) is 21.8. The number of aromatic nitrogens is 7. The number of hydrogen-bond acceptors (Lipinski definition) is 7. The summed E-state index contributed by atoms with van der Waals surface area (Å²) in [6, 6.07) is 5.91. The van der Waals surface area contributed by atoms with Crippen molar-refractivity contribution in [3.05, 3.63) is 59.6 Å². The Morgan fingerprint density at radius 3 is 2.87 bits per heavy atom. The Labute approximate surface area is 179 Å². The molecule has 0 fully saturated rings. The van der Waals surface area contributed by atoms with Crippen LogP contribution in [0.1, 0.15) is 31.5 Å². The van der Waals surface area contributed by atoms with Crippen LogP contribution in [0.3, 0.4) is 0 Å². The molecule has 0 saturated carbocycles. The molecule has 0 spiro atoms. The standard InChI is InChI=1S/C21H20N10/c1-14(2)27-18-8-20(31-21-16(11-26-31)7-15(9-22)10-25-21)24-12-19(18)30-13-17(28-29-30)5-4-6-23-3/h7-8,10-14H,4-6H2,1-2H3,(H,24,27). The van der Waals surface area contributed by atoms with Gasteiger partial charge in [-0.25, -0.2) is 21.2 Å². The molecule has 0 amide bonds. The Hall–Kier alpha value is -4.31. The van der Waals surface area contributed by atoms with E-state index in [9.17, 15) is 0 Å². The second-order valence-corrected chi connectivity index (χ2v) is 7.30. The summed E-state index contributed by atoms with van der Waals surface area (Å²) in [5.74, 6) is 0.594. The lowest BCUT2D eigenvalue weighted by atomic mass is 10.2. The van der Waals surface area contributed by atoms with E-state index >= 15 is 0 Å². The first-order valence-electron chi connectivity index (χ1n) is 9.84. The van der Waals surface area contributed by atoms with Gasteiger partial charge in [-0.15, -0.1) is 5.10 Å². The number of aryl methyl sites for hydroxylation is 1. The van der Waals surface area contributed by atoms with Crippen molar-refractivity contribution in [1.29, 1.82) is 5.26 Å². The van der Waals surface area contributed by atoms with Crippen molar-refractivity contribution in [2.75, 3.05) is 11.9 Å². The predicted octanol–water partition coefficient (Wildman–Crippen LogP) is 2.94. The van der Waals surface area contributed by atoms with Gasteiger partial charge in [0.15, 0.2) is 11.5 Å². The molecule has 4 aromatic rings. The highest BCUT2D eigenvalue weighted by Crippen LogP contribution is 2.24. The molecule has 0 aliphatic rings. The van der Waals surface area contributed by atoms with E-state index in [0.717, 1.165) is 28.9 Å². The fourth-order valence-corrected chi connectivity index (χ4v) is 3.18. The molecule has 10 heteroatoms. The molecule has 0 radical (unpaired) electrons. The summed E-state index contributed by atoms with van der Waals surface area (Å²) in [7, 11) is 0. The van der Waals surface area contributed by atoms with Gasteiger partial charge < -0.3 is 10.2 Å². The second-order valence-electron chi connectivity index (χ2n) is 7.30. The maximum absolute atomic E-state index is 9.08. The molecular weight excluding hydrogens is 392 g/mol. The van der Waals surface area contributed by atoms with Crippen LogP contribution >= 0.6 is 0 Å². The molecule has 10 nitrogen and oxygen atoms in total. The molecule has 0 saturated heterocycles. The Balaban J connectivity index is 1.71. The van der Waals surface area contributed by atoms with Gasteiger partial charge in [0, 0.05) is 36.5 Å². The van der Waals surface area contributed by atoms with Crippen LogP contribution in [0.4, 0.5) is 5.69 Å². The highest BCUT2D eigenvalue weighted by atomic mass is 15.4. The lowest BCUT2D eigenvalue weighted by Crippen LogP contribution is -2.14. The quantitative estimate of drug-likeness (QED) is 0.366. The van der Waals surface area contributed by atoms with Crippen LogP contribution in [0.2, 0.25) is 0 Å². The first-order chi connectivity index (χ1) is 15.1. The van der Waals surface area contributed by atoms with Crippen molar-refractivity contribution >= 4 is 16.7 Å². The number of fused-ring (bicyclic) bond motifs is 1. The molecule has 0 unspecified atom stereocenters. The molecule has 0 aromatic carbocycles. The summed E-state index contributed by atoms with van der Waals surface area (Å²) in [5.41, 5.74) is 3.53. The Bertz CT molecular complexity index is 1300. The molecule has 0 aliphatic heterocycles. The SMILES string of the molecule is [C-]#[N+]CCCc1cn(-c2cnc(-n3ncc4cc(C#N)cnc43)cc2NC(C)C)nn1. The topological polar surface area (TPSA) is 114 Å². The van der Waals surface area contributed by atoms with E-state index in [1.54, 1.807) is 27.8 Å². The van der Waals surface area contributed by atoms with Crippen molar-refractivity contribution in [2.45, 2.75) is 32.7 Å². The van der Waals surface area contributed by atoms with E-state index < -0.39 is 0 Å². The van der Waals surface area contributed by atoms with E-state index in [1.807, 2.05) is 12.3 Å². The summed E-state index contributed by atoms with van der Waals surface area (Å²) in [6.45, 7) is 11.5. The number of nitrogens with zero attached hydrogens (tertiary/aromatic N) is 9. The van der Waals surface area contributed by atoms with Gasteiger partial charge in [-0.1, -0.05) is 5.21 Å². The van der Waals surface area contributed by atoms with E-state index in [2.05, 4.69) is 55.5 Å². The van der Waals surface area contributed by atoms with Gasteiger partial charge in [0.05, 0.1) is 35.5 Å². The summed E-state index contributed by atoms with van der Waals surface area (Å²) < 4.78 is 3.33. The van der Waals surface area contributed by atoms with Crippen molar-refractivity contribution in [2.24, 2.45) is 0 Å². The van der Waals surface area contributed by atoms with Gasteiger partial charge in [0.2, 0.25) is 6.54 Å². The number of nitriles is 1. The number of nitrogens with one attached hydrogen (secondary N) is 1. The van der Waals surface area contributed by atoms with Crippen LogP contribution in [0.25, 0.3) is 27.4 Å². The van der Waals surface area contributed by atoms with Crippen LogP contribution in [0, 0.1) is 17.9 Å². The highest BCUT2D eigenvalue weighted by Gasteiger charge is 2.14. The van der Waals surface area contributed by atoms with E-state index in [-0.39, 0.29) is 6.04 Å². The molecule has 4 heterocycles. The first-order valence-corrected chi connectivity index (χ1v) is 9.84. The van der Waals surface area contributed by atoms with Gasteiger partial charge in [-0.2, -0.15) is 15.0 Å². The van der Waals surface area contributed by atoms with E-state index in [1.165, 1.54) is 6.20 Å². The minimum Gasteiger partial charge on any atom is -0.381 e. The average Bonchev–Trinajstić information content (AvgIpc) is 3.40. The molecule has 0 aliphatic carbocycles. The fourth-order valence-electron chi connectivity index (χ4n) is 3.18. The van der Waals surface area contributed by atoms with Gasteiger partial charge in [0.25, 0.3) is 0 Å². The summed E-state index contributed by atoms with van der Waals surface area (Å²) in [6.07, 6.45) is 8.23. The molecule has 4 aromatic heterocycles. The Kier molecular flexibility index (Phi) is 5.54. The van der Waals surface area contributed by atoms with Crippen molar-refractivity contribution in [3.8, 4) is 17.6 Å². The van der Waals surface area contributed by atoms with Crippen molar-refractivity contribution < 1.29 is 0 Å². The van der Waals surface area contributed by atoms with Gasteiger partial charge >= 0.3 is 0 Å². The van der Waals surface area contributed by atoms with Gasteiger partial charge in [0.1, 0.15) is 11.8 Å². The minimum atomic E-state index is 0.182. The van der Waals surface area contributed by atoms with Crippen LogP contribution in [0.15, 0.2) is 36.9 Å². The summed E-state index contributed by atoms with van der Waals surface area (Å²) >= 11 is 0. The Morgan fingerprint density at radius 1 is 1.23 bits per heavy atom. The molecule has 0 atom stereocenters. The normalized spacial score (nSPS) is 10.9. The van der Waals surface area contributed by atoms with Crippen LogP contribution in [0.5, 0.6) is 0 Å². The number of anilines is 1. The molecular formula is C21H20N10. The lowest BCUT2D eigenvalue weighted by Gasteiger charge is -2.15. The molecule has 154 valence electrons. The highest BCUT2D eigenvalue weighted by molar-refractivity contribution is 5.77. The zero-order valence-corrected chi connectivity index (χ0v) is 17.2. The number of rotatable bonds is 7. The molecule has 1 N–H and O–H groups in total. The zero-order valence-electron chi connectivity index (χ0n) is 17.2. The molecule has 4 rings (SSSR count). The maximum Gasteiger partial charge on any atom is 0.215 e. The second kappa shape index (κ2) is 8.59. The predicted molar refractivity (Wildman–Crippen MR) is 115 cm³/mol. The van der Waals surface area contributed by atoms with E-state index in [4.69, 9.17) is 11.8 Å². The van der Waals surface area contributed by atoms with Gasteiger partial charge in [-0.05, 0) is 19.9 Å².